The molecule has 0 heterocycles. The van der Waals surface area contributed by atoms with E-state index in [1.165, 1.54) is 251 Å². The fourth-order valence-electron chi connectivity index (χ4n) is 7.82. The van der Waals surface area contributed by atoms with E-state index in [0.29, 0.717) is 0 Å². The number of quaternary nitrogens is 4. The highest BCUT2D eigenvalue weighted by molar-refractivity contribution is 6.38. The van der Waals surface area contributed by atoms with E-state index >= 15 is 0 Å². The number of nitrogens with zero attached hydrogens (tertiary/aromatic N) is 4. The summed E-state index contributed by atoms with van der Waals surface area (Å²) in [6.07, 6.45) is 32.8. The highest BCUT2D eigenvalue weighted by atomic mass is 28.4. The average molecular weight is 894 g/mol. The molecule has 9 heteroatoms. The summed E-state index contributed by atoms with van der Waals surface area (Å²) in [6, 6.07) is 0. The van der Waals surface area contributed by atoms with E-state index in [0.717, 1.165) is 0 Å². The van der Waals surface area contributed by atoms with Gasteiger partial charge in [-0.1, -0.05) is 160 Å². The van der Waals surface area contributed by atoms with Crippen molar-refractivity contribution in [2.75, 3.05) is 107 Å². The number of rotatable bonds is 36. The number of unbranched alkanes of at least 4 members (excludes halogenated alkanes) is 12. The maximum absolute atomic E-state index is 8.58. The van der Waals surface area contributed by atoms with Crippen LogP contribution < -0.4 is 19.2 Å². The maximum atomic E-state index is 8.58. The lowest BCUT2D eigenvalue weighted by atomic mass is 10.2. The van der Waals surface area contributed by atoms with Crippen molar-refractivity contribution in [3.63, 3.8) is 0 Å². The molecule has 0 amide bonds. The smallest absolute Gasteiger partial charge is 0.0784 e. The van der Waals surface area contributed by atoms with Crippen molar-refractivity contribution in [1.29, 1.82) is 0 Å². The van der Waals surface area contributed by atoms with Crippen molar-refractivity contribution < 1.29 is 37.1 Å². The minimum atomic E-state index is -5.61. The van der Waals surface area contributed by atoms with Crippen LogP contribution in [0.25, 0.3) is 0 Å². The van der Waals surface area contributed by atoms with Crippen molar-refractivity contribution >= 4 is 9.05 Å². The van der Waals surface area contributed by atoms with Gasteiger partial charge in [-0.05, 0) is 77.0 Å². The molecule has 0 aromatic heterocycles. The molecule has 0 aromatic carbocycles. The molecule has 0 aliphatic heterocycles. The molecule has 0 N–H and O–H groups in total. The third-order valence-electron chi connectivity index (χ3n) is 12.6. The summed E-state index contributed by atoms with van der Waals surface area (Å²) in [5.74, 6) is 0. The van der Waals surface area contributed by atoms with Crippen LogP contribution in [0, 0.1) is 0 Å². The third-order valence-corrected chi connectivity index (χ3v) is 12.6. The summed E-state index contributed by atoms with van der Waals surface area (Å²) in [6.45, 7) is 44.2. The van der Waals surface area contributed by atoms with Crippen molar-refractivity contribution in [1.82, 2.24) is 0 Å². The van der Waals surface area contributed by atoms with Crippen LogP contribution in [0.5, 0.6) is 0 Å². The zero-order chi connectivity index (χ0) is 48.0. The molecule has 0 aliphatic rings. The van der Waals surface area contributed by atoms with Crippen molar-refractivity contribution in [2.24, 2.45) is 0 Å². The lowest BCUT2D eigenvalue weighted by Crippen LogP contribution is -2.82. The Morgan fingerprint density at radius 1 is 0.213 bits per heavy atom. The van der Waals surface area contributed by atoms with Crippen LogP contribution in [0.15, 0.2) is 0 Å². The first-order valence-corrected chi connectivity index (χ1v) is 28.5. The van der Waals surface area contributed by atoms with Gasteiger partial charge in [0.05, 0.1) is 107 Å². The highest BCUT2D eigenvalue weighted by Crippen LogP contribution is 2.14. The Morgan fingerprint density at radius 3 is 0.328 bits per heavy atom. The van der Waals surface area contributed by atoms with Crippen LogP contribution in [0.2, 0.25) is 0 Å². The van der Waals surface area contributed by atoms with Gasteiger partial charge in [-0.25, -0.2) is 0 Å². The molecule has 0 bridgehead atoms. The van der Waals surface area contributed by atoms with E-state index in [2.05, 4.69) is 111 Å². The van der Waals surface area contributed by atoms with Crippen LogP contribution >= 0.6 is 0 Å². The maximum Gasteiger partial charge on any atom is 0.0784 e. The van der Waals surface area contributed by atoms with Crippen molar-refractivity contribution in [3.05, 3.63) is 0 Å². The first kappa shape index (κ1) is 69.9. The zero-order valence-electron chi connectivity index (χ0n) is 45.4. The summed E-state index contributed by atoms with van der Waals surface area (Å²) in [4.78, 5) is 34.3. The Kier molecular flexibility index (Phi) is 54.8. The fourth-order valence-corrected chi connectivity index (χ4v) is 7.82. The Morgan fingerprint density at radius 2 is 0.279 bits per heavy atom. The molecule has 0 unspecified atom stereocenters. The van der Waals surface area contributed by atoms with E-state index < -0.39 is 9.05 Å². The Labute approximate surface area is 388 Å². The monoisotopic (exact) mass is 893 g/mol. The van der Waals surface area contributed by atoms with Crippen LogP contribution in [0.3, 0.4) is 0 Å². The van der Waals surface area contributed by atoms with Gasteiger partial charge in [-0.15, -0.1) is 0 Å². The molecule has 0 saturated carbocycles. The third kappa shape index (κ3) is 56.0. The Hall–Kier alpha value is -0.103. The molecule has 0 atom stereocenters. The topological polar surface area (TPSA) is 92.2 Å². The molecule has 0 rings (SSSR count). The molecule has 0 saturated heterocycles. The first-order chi connectivity index (χ1) is 28.7. The van der Waals surface area contributed by atoms with E-state index in [1.54, 1.807) is 0 Å². The minimum absolute atomic E-state index is 1.32. The van der Waals surface area contributed by atoms with Gasteiger partial charge in [0, 0.05) is 0 Å². The molecular formula is C52H120N4O4Si. The van der Waals surface area contributed by atoms with E-state index in [-0.39, 0.29) is 0 Å². The molecule has 0 aromatic rings. The SMILES string of the molecule is CCCC[N+](C)(CCCC)CCCC.CCCC[N+](C)(CCCC)CCCC.CCCC[N+](C)(CCCC)CCCC.CCCC[N+](C)(CCCC)CCCC.[O-][Si]([O-])([O-])[O-]. The standard InChI is InChI=1S/4C13H30N.O4Si/c4*1-5-8-11-14(4,12-9-6-2)13-10-7-3;1-5(2,3)4/h4*5-13H2,1-4H3;/q4*+1;-4. The summed E-state index contributed by atoms with van der Waals surface area (Å²) < 4.78 is 5.26. The van der Waals surface area contributed by atoms with E-state index in [9.17, 15) is 0 Å². The van der Waals surface area contributed by atoms with Crippen LogP contribution in [-0.2, 0) is 0 Å². The van der Waals surface area contributed by atoms with Gasteiger partial charge < -0.3 is 46.2 Å². The van der Waals surface area contributed by atoms with Crippen LogP contribution in [0.4, 0.5) is 0 Å². The second kappa shape index (κ2) is 47.8. The predicted octanol–water partition coefficient (Wildman–Crippen LogP) is 10.2. The second-order valence-electron chi connectivity index (χ2n) is 19.9. The van der Waals surface area contributed by atoms with Gasteiger partial charge in [0.15, 0.2) is 0 Å². The van der Waals surface area contributed by atoms with Gasteiger partial charge in [0.25, 0.3) is 0 Å². The Bertz CT molecular complexity index is 617. The van der Waals surface area contributed by atoms with Crippen molar-refractivity contribution in [3.8, 4) is 0 Å². The quantitative estimate of drug-likeness (QED) is 0.0463. The fraction of sp³-hybridized carbons (Fsp3) is 1.00. The summed E-state index contributed by atoms with van der Waals surface area (Å²) in [5, 5.41) is 0. The normalized spacial score (nSPS) is 12.0. The van der Waals surface area contributed by atoms with Gasteiger partial charge in [-0.2, -0.15) is 0 Å². The van der Waals surface area contributed by atoms with Crippen LogP contribution in [0.1, 0.15) is 237 Å². The number of hydrogen-bond acceptors (Lipinski definition) is 4. The lowest BCUT2D eigenvalue weighted by molar-refractivity contribution is -0.910. The number of hydrogen-bond donors (Lipinski definition) is 0. The molecule has 61 heavy (non-hydrogen) atoms. The summed E-state index contributed by atoms with van der Waals surface area (Å²) in [7, 11) is 4.17. The van der Waals surface area contributed by atoms with Gasteiger partial charge in [0.1, 0.15) is 0 Å². The molecule has 0 radical (unpaired) electrons. The highest BCUT2D eigenvalue weighted by Gasteiger charge is 2.21. The zero-order valence-corrected chi connectivity index (χ0v) is 46.4. The van der Waals surface area contributed by atoms with Crippen molar-refractivity contribution in [2.45, 2.75) is 237 Å². The van der Waals surface area contributed by atoms with Gasteiger partial charge >= 0.3 is 0 Å². The summed E-state index contributed by atoms with van der Waals surface area (Å²) >= 11 is 0. The molecular weight excluding hydrogens is 773 g/mol. The first-order valence-electron chi connectivity index (χ1n) is 26.9. The second-order valence-corrected chi connectivity index (χ2v) is 20.9. The molecule has 376 valence electrons. The molecule has 0 fully saturated rings. The molecule has 0 spiro atoms. The van der Waals surface area contributed by atoms with E-state index in [1.807, 2.05) is 0 Å². The predicted molar refractivity (Wildman–Crippen MR) is 268 cm³/mol. The molecule has 0 aliphatic carbocycles. The van der Waals surface area contributed by atoms with E-state index in [4.69, 9.17) is 19.2 Å². The minimum Gasteiger partial charge on any atom is -0.894 e. The largest absolute Gasteiger partial charge is 0.894 e. The average Bonchev–Trinajstić information content (AvgIpc) is 3.23. The molecule has 8 nitrogen and oxygen atoms in total. The Balaban J connectivity index is -0.000000220. The lowest BCUT2D eigenvalue weighted by Gasteiger charge is -2.67. The van der Waals surface area contributed by atoms with Crippen LogP contribution in [-0.4, -0.2) is 134 Å². The summed E-state index contributed by atoms with van der Waals surface area (Å²) in [5.41, 5.74) is 0. The van der Waals surface area contributed by atoms with Gasteiger partial charge in [-0.3, -0.25) is 0 Å². The van der Waals surface area contributed by atoms with Gasteiger partial charge in [0.2, 0.25) is 0 Å².